The van der Waals surface area contributed by atoms with Crippen LogP contribution in [0.4, 0.5) is 8.78 Å². The summed E-state index contributed by atoms with van der Waals surface area (Å²) in [4.78, 5) is 3.53. The van der Waals surface area contributed by atoms with E-state index < -0.39 is 21.7 Å². The summed E-state index contributed by atoms with van der Waals surface area (Å²) in [6.45, 7) is -0.195. The molecule has 0 radical (unpaired) electrons. The molecule has 1 N–H and O–H groups in total. The van der Waals surface area contributed by atoms with Crippen molar-refractivity contribution in [2.75, 3.05) is 0 Å². The number of aromatic nitrogens is 1. The molecule has 1 aromatic heterocycles. The molecule has 0 amide bonds. The second-order valence-electron chi connectivity index (χ2n) is 4.06. The standard InChI is InChI=1S/C13H9F2N3O2S/c14-12-4-1-9(5-13(12)15)7-18-21(19,20)11-3-2-10(6-16)17-8-11/h1-5,8,18H,7H2. The first-order chi connectivity index (χ1) is 9.92. The molecule has 2 rings (SSSR count). The van der Waals surface area contributed by atoms with Gasteiger partial charge in [-0.25, -0.2) is 26.9 Å². The number of nitrogens with zero attached hydrogens (tertiary/aromatic N) is 2. The molecule has 0 aliphatic rings. The van der Waals surface area contributed by atoms with E-state index in [-0.39, 0.29) is 22.7 Å². The zero-order chi connectivity index (χ0) is 15.5. The van der Waals surface area contributed by atoms with Gasteiger partial charge in [0.05, 0.1) is 0 Å². The van der Waals surface area contributed by atoms with Crippen LogP contribution in [0.3, 0.4) is 0 Å². The van der Waals surface area contributed by atoms with Gasteiger partial charge in [0.1, 0.15) is 16.7 Å². The Morgan fingerprint density at radius 3 is 2.52 bits per heavy atom. The molecule has 0 aliphatic carbocycles. The molecule has 0 saturated carbocycles. The molecule has 1 heterocycles. The van der Waals surface area contributed by atoms with E-state index in [1.54, 1.807) is 6.07 Å². The molecule has 0 spiro atoms. The summed E-state index contributed by atoms with van der Waals surface area (Å²) in [6, 6.07) is 7.38. The van der Waals surface area contributed by atoms with Crippen LogP contribution in [0.2, 0.25) is 0 Å². The van der Waals surface area contributed by atoms with Crippen LogP contribution >= 0.6 is 0 Å². The number of benzene rings is 1. The van der Waals surface area contributed by atoms with Gasteiger partial charge in [-0.3, -0.25) is 0 Å². The molecule has 1 aromatic carbocycles. The monoisotopic (exact) mass is 309 g/mol. The van der Waals surface area contributed by atoms with Crippen molar-refractivity contribution in [2.45, 2.75) is 11.4 Å². The lowest BCUT2D eigenvalue weighted by Gasteiger charge is -2.07. The maximum Gasteiger partial charge on any atom is 0.242 e. The highest BCUT2D eigenvalue weighted by atomic mass is 32.2. The first kappa shape index (κ1) is 15.0. The van der Waals surface area contributed by atoms with Crippen LogP contribution in [-0.2, 0) is 16.6 Å². The fraction of sp³-hybridized carbons (Fsp3) is 0.0769. The Hall–Kier alpha value is -2.37. The third kappa shape index (κ3) is 3.59. The number of hydrogen-bond donors (Lipinski definition) is 1. The van der Waals surface area contributed by atoms with Crippen molar-refractivity contribution in [3.05, 3.63) is 59.4 Å². The second kappa shape index (κ2) is 5.95. The van der Waals surface area contributed by atoms with Crippen LogP contribution < -0.4 is 4.72 Å². The van der Waals surface area contributed by atoms with Crippen LogP contribution in [0, 0.1) is 23.0 Å². The smallest absolute Gasteiger partial charge is 0.242 e. The highest BCUT2D eigenvalue weighted by Gasteiger charge is 2.14. The van der Waals surface area contributed by atoms with E-state index in [1.807, 2.05) is 0 Å². The summed E-state index contributed by atoms with van der Waals surface area (Å²) in [5.74, 6) is -2.05. The van der Waals surface area contributed by atoms with Crippen molar-refractivity contribution in [1.29, 1.82) is 5.26 Å². The molecule has 0 fully saturated rings. The molecule has 0 atom stereocenters. The molecule has 2 aromatic rings. The first-order valence-corrected chi connectivity index (χ1v) is 7.20. The number of sulfonamides is 1. The maximum absolute atomic E-state index is 13.0. The zero-order valence-corrected chi connectivity index (χ0v) is 11.4. The highest BCUT2D eigenvalue weighted by Crippen LogP contribution is 2.11. The highest BCUT2D eigenvalue weighted by molar-refractivity contribution is 7.89. The van der Waals surface area contributed by atoms with E-state index in [1.165, 1.54) is 18.2 Å². The number of rotatable bonds is 4. The average Bonchev–Trinajstić information content (AvgIpc) is 2.48. The van der Waals surface area contributed by atoms with Crippen molar-refractivity contribution in [1.82, 2.24) is 9.71 Å². The van der Waals surface area contributed by atoms with E-state index >= 15 is 0 Å². The molecule has 21 heavy (non-hydrogen) atoms. The molecule has 8 heteroatoms. The minimum Gasteiger partial charge on any atom is -0.244 e. The van der Waals surface area contributed by atoms with E-state index in [0.29, 0.717) is 0 Å². The van der Waals surface area contributed by atoms with Gasteiger partial charge in [0, 0.05) is 12.7 Å². The number of pyridine rings is 1. The summed E-state index contributed by atoms with van der Waals surface area (Å²) < 4.78 is 51.9. The van der Waals surface area contributed by atoms with Crippen LogP contribution in [0.1, 0.15) is 11.3 Å². The summed E-state index contributed by atoms with van der Waals surface area (Å²) >= 11 is 0. The lowest BCUT2D eigenvalue weighted by atomic mass is 10.2. The van der Waals surface area contributed by atoms with E-state index in [2.05, 4.69) is 9.71 Å². The van der Waals surface area contributed by atoms with Gasteiger partial charge in [-0.05, 0) is 29.8 Å². The van der Waals surface area contributed by atoms with Crippen LogP contribution in [0.25, 0.3) is 0 Å². The van der Waals surface area contributed by atoms with Crippen molar-refractivity contribution < 1.29 is 17.2 Å². The van der Waals surface area contributed by atoms with Crippen molar-refractivity contribution in [3.8, 4) is 6.07 Å². The van der Waals surface area contributed by atoms with Crippen LogP contribution in [0.15, 0.2) is 41.4 Å². The molecule has 0 saturated heterocycles. The molecule has 108 valence electrons. The van der Waals surface area contributed by atoms with Gasteiger partial charge in [0.2, 0.25) is 10.0 Å². The number of hydrogen-bond acceptors (Lipinski definition) is 4. The normalized spacial score (nSPS) is 11.1. The van der Waals surface area contributed by atoms with Gasteiger partial charge in [0.15, 0.2) is 11.6 Å². The topological polar surface area (TPSA) is 82.8 Å². The van der Waals surface area contributed by atoms with E-state index in [0.717, 1.165) is 18.3 Å². The Morgan fingerprint density at radius 2 is 1.95 bits per heavy atom. The molecular formula is C13H9F2N3O2S. The van der Waals surface area contributed by atoms with Gasteiger partial charge >= 0.3 is 0 Å². The third-order valence-corrected chi connectivity index (χ3v) is 4.00. The van der Waals surface area contributed by atoms with Crippen molar-refractivity contribution >= 4 is 10.0 Å². The number of nitriles is 1. The number of nitrogens with one attached hydrogen (secondary N) is 1. The van der Waals surface area contributed by atoms with Gasteiger partial charge in [-0.15, -0.1) is 0 Å². The predicted molar refractivity (Wildman–Crippen MR) is 69.3 cm³/mol. The van der Waals surface area contributed by atoms with Gasteiger partial charge in [-0.2, -0.15) is 5.26 Å². The quantitative estimate of drug-likeness (QED) is 0.932. The Morgan fingerprint density at radius 1 is 1.19 bits per heavy atom. The molecule has 0 unspecified atom stereocenters. The van der Waals surface area contributed by atoms with E-state index in [4.69, 9.17) is 5.26 Å². The average molecular weight is 309 g/mol. The lowest BCUT2D eigenvalue weighted by molar-refractivity contribution is 0.506. The van der Waals surface area contributed by atoms with Gasteiger partial charge < -0.3 is 0 Å². The first-order valence-electron chi connectivity index (χ1n) is 5.72. The fourth-order valence-electron chi connectivity index (χ4n) is 1.52. The number of halogens is 2. The summed E-state index contributed by atoms with van der Waals surface area (Å²) in [7, 11) is -3.84. The third-order valence-electron chi connectivity index (χ3n) is 2.61. The summed E-state index contributed by atoms with van der Waals surface area (Å²) in [6.07, 6.45) is 1.05. The van der Waals surface area contributed by atoms with Crippen molar-refractivity contribution in [2.24, 2.45) is 0 Å². The summed E-state index contributed by atoms with van der Waals surface area (Å²) in [5.41, 5.74) is 0.369. The zero-order valence-electron chi connectivity index (χ0n) is 10.5. The Balaban J connectivity index is 2.13. The van der Waals surface area contributed by atoms with Gasteiger partial charge in [-0.1, -0.05) is 6.07 Å². The lowest BCUT2D eigenvalue weighted by Crippen LogP contribution is -2.23. The molecule has 0 aliphatic heterocycles. The van der Waals surface area contributed by atoms with E-state index in [9.17, 15) is 17.2 Å². The molecular weight excluding hydrogens is 300 g/mol. The Bertz CT molecular complexity index is 799. The molecule has 5 nitrogen and oxygen atoms in total. The second-order valence-corrected chi connectivity index (χ2v) is 5.83. The fourth-order valence-corrected chi connectivity index (χ4v) is 2.48. The minimum absolute atomic E-state index is 0.0922. The van der Waals surface area contributed by atoms with Gasteiger partial charge in [0.25, 0.3) is 0 Å². The van der Waals surface area contributed by atoms with Crippen LogP contribution in [0.5, 0.6) is 0 Å². The van der Waals surface area contributed by atoms with Crippen molar-refractivity contribution in [3.63, 3.8) is 0 Å². The Labute approximate surface area is 119 Å². The largest absolute Gasteiger partial charge is 0.244 e. The molecule has 0 bridgehead atoms. The Kier molecular flexibility index (Phi) is 4.26. The predicted octanol–water partition coefficient (Wildman–Crippen LogP) is 1.71. The maximum atomic E-state index is 13.0. The van der Waals surface area contributed by atoms with Crippen LogP contribution in [-0.4, -0.2) is 13.4 Å². The minimum atomic E-state index is -3.84. The summed E-state index contributed by atoms with van der Waals surface area (Å²) in [5, 5.41) is 8.59. The SMILES string of the molecule is N#Cc1ccc(S(=O)(=O)NCc2ccc(F)c(F)c2)cn1.